The number of amides is 2. The molecule has 1 heterocycles. The maximum absolute atomic E-state index is 12.2. The predicted octanol–water partition coefficient (Wildman–Crippen LogP) is 3.33. The molecule has 7 heteroatoms. The number of aryl methyl sites for hydroxylation is 1. The number of hydrogen-bond donors (Lipinski definition) is 2. The van der Waals surface area contributed by atoms with Crippen molar-refractivity contribution in [3.05, 3.63) is 59.1 Å². The van der Waals surface area contributed by atoms with Crippen molar-refractivity contribution in [3.8, 4) is 10.6 Å². The summed E-state index contributed by atoms with van der Waals surface area (Å²) in [6, 6.07) is 14.7. The highest BCUT2D eigenvalue weighted by Crippen LogP contribution is 2.25. The molecule has 0 saturated heterocycles. The topological polar surface area (TPSA) is 84.0 Å². The third-order valence-electron chi connectivity index (χ3n) is 3.29. The quantitative estimate of drug-likeness (QED) is 0.699. The van der Waals surface area contributed by atoms with Crippen molar-refractivity contribution in [1.29, 1.82) is 0 Å². The molecule has 0 atom stereocenters. The molecule has 2 aromatic carbocycles. The van der Waals surface area contributed by atoms with Gasteiger partial charge < -0.3 is 10.6 Å². The summed E-state index contributed by atoms with van der Waals surface area (Å²) in [5, 5.41) is 14.3. The summed E-state index contributed by atoms with van der Waals surface area (Å²) < 4.78 is 0. The van der Waals surface area contributed by atoms with Crippen LogP contribution in [0.2, 0.25) is 0 Å². The minimum atomic E-state index is -0.290. The second-order valence-corrected chi connectivity index (χ2v) is 6.05. The fourth-order valence-corrected chi connectivity index (χ4v) is 2.77. The van der Waals surface area contributed by atoms with E-state index in [1.807, 2.05) is 43.3 Å². The van der Waals surface area contributed by atoms with Gasteiger partial charge in [0.1, 0.15) is 5.01 Å². The third kappa shape index (κ3) is 3.64. The van der Waals surface area contributed by atoms with Crippen LogP contribution >= 0.6 is 11.3 Å². The van der Waals surface area contributed by atoms with Crippen LogP contribution in [0, 0.1) is 6.92 Å². The third-order valence-corrected chi connectivity index (χ3v) is 4.26. The van der Waals surface area contributed by atoms with Gasteiger partial charge in [0.2, 0.25) is 11.4 Å². The number of hydrogen-bond acceptors (Lipinski definition) is 5. The average molecular weight is 338 g/mol. The highest BCUT2D eigenvalue weighted by molar-refractivity contribution is 7.16. The summed E-state index contributed by atoms with van der Waals surface area (Å²) in [7, 11) is 0. The van der Waals surface area contributed by atoms with Gasteiger partial charge >= 0.3 is 0 Å². The number of rotatable bonds is 5. The molecule has 3 aromatic rings. The summed E-state index contributed by atoms with van der Waals surface area (Å²) in [5.41, 5.74) is 3.36. The van der Waals surface area contributed by atoms with Crippen LogP contribution in [0.4, 0.5) is 11.4 Å². The zero-order valence-corrected chi connectivity index (χ0v) is 13.6. The van der Waals surface area contributed by atoms with Crippen LogP contribution in [0.15, 0.2) is 48.5 Å². The van der Waals surface area contributed by atoms with E-state index in [1.54, 1.807) is 12.1 Å². The molecule has 24 heavy (non-hydrogen) atoms. The van der Waals surface area contributed by atoms with Gasteiger partial charge in [-0.3, -0.25) is 9.59 Å². The fourth-order valence-electron chi connectivity index (χ4n) is 2.03. The molecule has 0 bridgehead atoms. The lowest BCUT2D eigenvalue weighted by atomic mass is 10.2. The Hall–Kier alpha value is -3.06. The van der Waals surface area contributed by atoms with Crippen molar-refractivity contribution in [2.45, 2.75) is 6.92 Å². The molecule has 0 saturated carbocycles. The molecular formula is C17H14N4O2S. The van der Waals surface area contributed by atoms with Gasteiger partial charge in [-0.15, -0.1) is 10.2 Å². The molecule has 2 N–H and O–H groups in total. The second kappa shape index (κ2) is 7.01. The van der Waals surface area contributed by atoms with E-state index in [0.717, 1.165) is 11.1 Å². The van der Waals surface area contributed by atoms with Crippen molar-refractivity contribution >= 4 is 35.0 Å². The van der Waals surface area contributed by atoms with Crippen LogP contribution in [-0.4, -0.2) is 22.5 Å². The summed E-state index contributed by atoms with van der Waals surface area (Å²) in [6.45, 7) is 1.98. The molecule has 3 rings (SSSR count). The van der Waals surface area contributed by atoms with Crippen LogP contribution in [0.25, 0.3) is 10.6 Å². The molecule has 2 amide bonds. The molecule has 0 radical (unpaired) electrons. The molecule has 0 aliphatic rings. The van der Waals surface area contributed by atoms with E-state index in [-0.39, 0.29) is 5.91 Å². The van der Waals surface area contributed by atoms with Gasteiger partial charge in [-0.05, 0) is 43.3 Å². The minimum Gasteiger partial charge on any atom is -0.329 e. The normalized spacial score (nSPS) is 10.2. The van der Waals surface area contributed by atoms with Crippen LogP contribution < -0.4 is 10.6 Å². The standard InChI is InChI=1S/C17H14N4O2S/c1-11-2-6-14(7-3-11)19-15(23)17-21-20-16(24-17)12-4-8-13(9-5-12)18-10-22/h2-10H,1H3,(H,18,22)(H,19,23). The number of aromatic nitrogens is 2. The van der Waals surface area contributed by atoms with Gasteiger partial charge in [0.25, 0.3) is 5.91 Å². The Bertz CT molecular complexity index is 857. The van der Waals surface area contributed by atoms with Crippen LogP contribution in [0.3, 0.4) is 0 Å². The first-order chi connectivity index (χ1) is 11.7. The number of carbonyl (C=O) groups is 2. The summed E-state index contributed by atoms with van der Waals surface area (Å²) >= 11 is 1.21. The van der Waals surface area contributed by atoms with Crippen LogP contribution in [-0.2, 0) is 4.79 Å². The number of nitrogens with one attached hydrogen (secondary N) is 2. The van der Waals surface area contributed by atoms with Gasteiger partial charge in [0, 0.05) is 16.9 Å². The number of nitrogens with zero attached hydrogens (tertiary/aromatic N) is 2. The molecule has 1 aromatic heterocycles. The maximum atomic E-state index is 12.2. The van der Waals surface area contributed by atoms with Crippen molar-refractivity contribution in [2.24, 2.45) is 0 Å². The average Bonchev–Trinajstić information content (AvgIpc) is 3.08. The van der Waals surface area contributed by atoms with Crippen molar-refractivity contribution < 1.29 is 9.59 Å². The lowest BCUT2D eigenvalue weighted by Crippen LogP contribution is -2.11. The van der Waals surface area contributed by atoms with E-state index < -0.39 is 0 Å². The highest BCUT2D eigenvalue weighted by Gasteiger charge is 2.14. The van der Waals surface area contributed by atoms with E-state index in [1.165, 1.54) is 11.3 Å². The second-order valence-electron chi connectivity index (χ2n) is 5.07. The number of carbonyl (C=O) groups excluding carboxylic acids is 2. The van der Waals surface area contributed by atoms with Crippen LogP contribution in [0.1, 0.15) is 15.4 Å². The zero-order chi connectivity index (χ0) is 16.9. The first kappa shape index (κ1) is 15.8. The molecule has 120 valence electrons. The number of benzene rings is 2. The van der Waals surface area contributed by atoms with E-state index in [9.17, 15) is 9.59 Å². The molecule has 0 fully saturated rings. The van der Waals surface area contributed by atoms with E-state index in [2.05, 4.69) is 20.8 Å². The molecule has 0 aliphatic carbocycles. The summed E-state index contributed by atoms with van der Waals surface area (Å²) in [5.74, 6) is -0.290. The fraction of sp³-hybridized carbons (Fsp3) is 0.0588. The van der Waals surface area contributed by atoms with Crippen molar-refractivity contribution in [2.75, 3.05) is 10.6 Å². The number of anilines is 2. The predicted molar refractivity (Wildman–Crippen MR) is 94.2 cm³/mol. The van der Waals surface area contributed by atoms with Crippen molar-refractivity contribution in [1.82, 2.24) is 10.2 Å². The van der Waals surface area contributed by atoms with Gasteiger partial charge in [-0.1, -0.05) is 29.0 Å². The Kier molecular flexibility index (Phi) is 4.62. The van der Waals surface area contributed by atoms with Gasteiger partial charge in [0.15, 0.2) is 0 Å². The first-order valence-electron chi connectivity index (χ1n) is 7.18. The summed E-state index contributed by atoms with van der Waals surface area (Å²) in [4.78, 5) is 22.6. The van der Waals surface area contributed by atoms with Crippen molar-refractivity contribution in [3.63, 3.8) is 0 Å². The van der Waals surface area contributed by atoms with Gasteiger partial charge in [-0.25, -0.2) is 0 Å². The Balaban J connectivity index is 1.73. The SMILES string of the molecule is Cc1ccc(NC(=O)c2nnc(-c3ccc(NC=O)cc3)s2)cc1. The molecule has 0 spiro atoms. The minimum absolute atomic E-state index is 0.290. The van der Waals surface area contributed by atoms with Gasteiger partial charge in [-0.2, -0.15) is 0 Å². The largest absolute Gasteiger partial charge is 0.329 e. The summed E-state index contributed by atoms with van der Waals surface area (Å²) in [6.07, 6.45) is 0.619. The monoisotopic (exact) mass is 338 g/mol. The molecule has 6 nitrogen and oxygen atoms in total. The first-order valence-corrected chi connectivity index (χ1v) is 7.99. The van der Waals surface area contributed by atoms with E-state index in [4.69, 9.17) is 0 Å². The zero-order valence-electron chi connectivity index (χ0n) is 12.8. The lowest BCUT2D eigenvalue weighted by molar-refractivity contribution is -0.105. The van der Waals surface area contributed by atoms with Crippen LogP contribution in [0.5, 0.6) is 0 Å². The molecule has 0 aliphatic heterocycles. The Labute approximate surface area is 142 Å². The molecular weight excluding hydrogens is 324 g/mol. The van der Waals surface area contributed by atoms with E-state index >= 15 is 0 Å². The molecule has 0 unspecified atom stereocenters. The smallest absolute Gasteiger partial charge is 0.286 e. The highest BCUT2D eigenvalue weighted by atomic mass is 32.1. The Morgan fingerprint density at radius 1 is 1.00 bits per heavy atom. The lowest BCUT2D eigenvalue weighted by Gasteiger charge is -2.02. The Morgan fingerprint density at radius 2 is 1.67 bits per heavy atom. The van der Waals surface area contributed by atoms with E-state index in [0.29, 0.717) is 27.8 Å². The maximum Gasteiger partial charge on any atom is 0.286 e. The Morgan fingerprint density at radius 3 is 2.33 bits per heavy atom. The van der Waals surface area contributed by atoms with Gasteiger partial charge in [0.05, 0.1) is 0 Å².